The molecule has 0 bridgehead atoms. The number of nitrogens with two attached hydrogens (primary N) is 1. The quantitative estimate of drug-likeness (QED) is 0.266. The van der Waals surface area contributed by atoms with Crippen LogP contribution in [0.25, 0.3) is 0 Å². The third-order valence-electron chi connectivity index (χ3n) is 2.43. The predicted octanol–water partition coefficient (Wildman–Crippen LogP) is -0.0160. The van der Waals surface area contributed by atoms with Crippen LogP contribution in [0.5, 0.6) is 0 Å². The van der Waals surface area contributed by atoms with Crippen LogP contribution >= 0.6 is 0 Å². The highest BCUT2D eigenvalue weighted by atomic mass is 32.2. The van der Waals surface area contributed by atoms with E-state index in [1.54, 1.807) is 0 Å². The van der Waals surface area contributed by atoms with Crippen molar-refractivity contribution in [1.82, 2.24) is 9.03 Å². The molecule has 7 nitrogen and oxygen atoms in total. The molecule has 4 N–H and O–H groups in total. The molecular formula is C8H15F3N4O3S. The highest BCUT2D eigenvalue weighted by Crippen LogP contribution is 2.29. The first-order chi connectivity index (χ1) is 8.65. The molecule has 19 heavy (non-hydrogen) atoms. The molecule has 0 heterocycles. The van der Waals surface area contributed by atoms with Crippen molar-refractivity contribution in [2.45, 2.75) is 31.5 Å². The summed E-state index contributed by atoms with van der Waals surface area (Å²) < 4.78 is 61.9. The molecule has 0 amide bonds. The SMILES string of the molecule is NC(CCN(C1CC1)S(=O)(=O)NCC(F)(F)F)=NO. The van der Waals surface area contributed by atoms with Gasteiger partial charge in [0.2, 0.25) is 0 Å². The molecule has 0 saturated heterocycles. The number of halogens is 3. The van der Waals surface area contributed by atoms with Crippen LogP contribution < -0.4 is 10.5 Å². The van der Waals surface area contributed by atoms with Gasteiger partial charge in [-0.2, -0.15) is 30.6 Å². The summed E-state index contributed by atoms with van der Waals surface area (Å²) in [4.78, 5) is 0. The zero-order valence-electron chi connectivity index (χ0n) is 9.89. The molecule has 1 rings (SSSR count). The lowest BCUT2D eigenvalue weighted by Gasteiger charge is -2.22. The summed E-state index contributed by atoms with van der Waals surface area (Å²) >= 11 is 0. The van der Waals surface area contributed by atoms with Crippen LogP contribution in [-0.2, 0) is 10.2 Å². The van der Waals surface area contributed by atoms with E-state index in [1.807, 2.05) is 0 Å². The molecule has 1 aliphatic carbocycles. The van der Waals surface area contributed by atoms with Gasteiger partial charge in [-0.15, -0.1) is 0 Å². The molecule has 1 fully saturated rings. The summed E-state index contributed by atoms with van der Waals surface area (Å²) in [6.45, 7) is -1.75. The van der Waals surface area contributed by atoms with Gasteiger partial charge in [-0.3, -0.25) is 0 Å². The average molecular weight is 304 g/mol. The van der Waals surface area contributed by atoms with E-state index >= 15 is 0 Å². The van der Waals surface area contributed by atoms with Gasteiger partial charge in [0.15, 0.2) is 0 Å². The van der Waals surface area contributed by atoms with Gasteiger partial charge < -0.3 is 10.9 Å². The second kappa shape index (κ2) is 5.92. The highest BCUT2D eigenvalue weighted by Gasteiger charge is 2.39. The lowest BCUT2D eigenvalue weighted by molar-refractivity contribution is -0.121. The van der Waals surface area contributed by atoms with Gasteiger partial charge >= 0.3 is 6.18 Å². The van der Waals surface area contributed by atoms with Gasteiger partial charge in [-0.05, 0) is 12.8 Å². The first-order valence-electron chi connectivity index (χ1n) is 5.45. The summed E-state index contributed by atoms with van der Waals surface area (Å²) in [6.07, 6.45) is -3.50. The maximum atomic E-state index is 12.0. The van der Waals surface area contributed by atoms with Crippen LogP contribution in [0.2, 0.25) is 0 Å². The van der Waals surface area contributed by atoms with Crippen molar-refractivity contribution in [1.29, 1.82) is 0 Å². The van der Waals surface area contributed by atoms with Crippen LogP contribution in [0.1, 0.15) is 19.3 Å². The Hall–Kier alpha value is -1.07. The number of nitrogens with zero attached hydrogens (tertiary/aromatic N) is 2. The Morgan fingerprint density at radius 2 is 2.05 bits per heavy atom. The van der Waals surface area contributed by atoms with Gasteiger partial charge in [-0.1, -0.05) is 5.16 Å². The normalized spacial score (nSPS) is 18.0. The summed E-state index contributed by atoms with van der Waals surface area (Å²) in [7, 11) is -4.23. The Labute approximate surface area is 108 Å². The lowest BCUT2D eigenvalue weighted by Crippen LogP contribution is -2.46. The van der Waals surface area contributed by atoms with Gasteiger partial charge in [0.1, 0.15) is 12.4 Å². The molecule has 0 aromatic carbocycles. The van der Waals surface area contributed by atoms with E-state index in [9.17, 15) is 21.6 Å². The minimum atomic E-state index is -4.62. The van der Waals surface area contributed by atoms with Crippen LogP contribution in [-0.4, -0.2) is 49.1 Å². The second-order valence-electron chi connectivity index (χ2n) is 4.12. The van der Waals surface area contributed by atoms with Crippen molar-refractivity contribution in [3.63, 3.8) is 0 Å². The number of oxime groups is 1. The fourth-order valence-electron chi connectivity index (χ4n) is 1.39. The summed E-state index contributed by atoms with van der Waals surface area (Å²) in [5.41, 5.74) is 5.21. The first-order valence-corrected chi connectivity index (χ1v) is 6.89. The van der Waals surface area contributed by atoms with Crippen molar-refractivity contribution >= 4 is 16.0 Å². The smallest absolute Gasteiger partial charge is 0.402 e. The van der Waals surface area contributed by atoms with Crippen molar-refractivity contribution in [2.75, 3.05) is 13.1 Å². The summed E-state index contributed by atoms with van der Waals surface area (Å²) in [5, 5.41) is 11.0. The zero-order chi connectivity index (χ0) is 14.7. The molecule has 0 aromatic heterocycles. The molecule has 0 unspecified atom stereocenters. The van der Waals surface area contributed by atoms with Gasteiger partial charge in [-0.25, -0.2) is 0 Å². The number of alkyl halides is 3. The number of hydrogen-bond donors (Lipinski definition) is 3. The topological polar surface area (TPSA) is 108 Å². The summed E-state index contributed by atoms with van der Waals surface area (Å²) in [5.74, 6) is -0.184. The summed E-state index contributed by atoms with van der Waals surface area (Å²) in [6, 6.07) is -0.322. The Kier molecular flexibility index (Phi) is 4.98. The molecule has 0 spiro atoms. The van der Waals surface area contributed by atoms with Gasteiger partial charge in [0.05, 0.1) is 0 Å². The molecule has 1 aliphatic rings. The maximum absolute atomic E-state index is 12.0. The molecule has 11 heteroatoms. The molecule has 0 aliphatic heterocycles. The monoisotopic (exact) mass is 304 g/mol. The number of amidine groups is 1. The minimum Gasteiger partial charge on any atom is -0.409 e. The van der Waals surface area contributed by atoms with Crippen molar-refractivity contribution in [3.05, 3.63) is 0 Å². The van der Waals surface area contributed by atoms with Crippen molar-refractivity contribution < 1.29 is 26.8 Å². The molecular weight excluding hydrogens is 289 g/mol. The van der Waals surface area contributed by atoms with Gasteiger partial charge in [0, 0.05) is 19.0 Å². The fraction of sp³-hybridized carbons (Fsp3) is 0.875. The molecule has 112 valence electrons. The second-order valence-corrected chi connectivity index (χ2v) is 5.83. The Balaban J connectivity index is 2.64. The van der Waals surface area contributed by atoms with Crippen molar-refractivity contribution in [2.24, 2.45) is 10.9 Å². The van der Waals surface area contributed by atoms with Crippen LogP contribution in [0, 0.1) is 0 Å². The number of rotatable bonds is 7. The van der Waals surface area contributed by atoms with E-state index in [-0.39, 0.29) is 24.8 Å². The standard InChI is InChI=1S/C8H15F3N4O3S/c9-8(10,11)5-13-19(17,18)15(6-1-2-6)4-3-7(12)14-16/h6,13,16H,1-5H2,(H2,12,14). The molecule has 0 radical (unpaired) electrons. The largest absolute Gasteiger partial charge is 0.409 e. The molecule has 0 aromatic rings. The van der Waals surface area contributed by atoms with E-state index in [0.29, 0.717) is 12.8 Å². The van der Waals surface area contributed by atoms with E-state index in [2.05, 4.69) is 5.16 Å². The molecule has 0 atom stereocenters. The van der Waals surface area contributed by atoms with E-state index in [4.69, 9.17) is 10.9 Å². The predicted molar refractivity (Wildman–Crippen MR) is 60.7 cm³/mol. The average Bonchev–Trinajstić information content (AvgIpc) is 3.09. The Morgan fingerprint density at radius 1 is 1.47 bits per heavy atom. The minimum absolute atomic E-state index is 0.0556. The first kappa shape index (κ1) is 16.0. The fourth-order valence-corrected chi connectivity index (χ4v) is 2.84. The number of hydrogen-bond acceptors (Lipinski definition) is 4. The lowest BCUT2D eigenvalue weighted by atomic mass is 10.4. The third kappa shape index (κ3) is 5.61. The third-order valence-corrected chi connectivity index (χ3v) is 4.04. The van der Waals surface area contributed by atoms with E-state index in [0.717, 1.165) is 4.31 Å². The van der Waals surface area contributed by atoms with Crippen molar-refractivity contribution in [3.8, 4) is 0 Å². The van der Waals surface area contributed by atoms with Crippen LogP contribution in [0.4, 0.5) is 13.2 Å². The van der Waals surface area contributed by atoms with Crippen LogP contribution in [0.15, 0.2) is 5.16 Å². The zero-order valence-corrected chi connectivity index (χ0v) is 10.7. The van der Waals surface area contributed by atoms with Crippen LogP contribution in [0.3, 0.4) is 0 Å². The number of nitrogens with one attached hydrogen (secondary N) is 1. The molecule has 1 saturated carbocycles. The van der Waals surface area contributed by atoms with E-state index in [1.165, 1.54) is 4.72 Å². The van der Waals surface area contributed by atoms with E-state index < -0.39 is 22.9 Å². The Morgan fingerprint density at radius 3 is 2.47 bits per heavy atom. The highest BCUT2D eigenvalue weighted by molar-refractivity contribution is 7.87. The Bertz CT molecular complexity index is 433. The maximum Gasteiger partial charge on any atom is 0.402 e. The van der Waals surface area contributed by atoms with Gasteiger partial charge in [0.25, 0.3) is 10.2 Å².